The lowest BCUT2D eigenvalue weighted by molar-refractivity contribution is -0.0516. The lowest BCUT2D eigenvalue weighted by Crippen LogP contribution is -2.25. The summed E-state index contributed by atoms with van der Waals surface area (Å²) in [6.07, 6.45) is -0.163. The zero-order valence-corrected chi connectivity index (χ0v) is 12.2. The number of halogens is 1. The van der Waals surface area contributed by atoms with Crippen molar-refractivity contribution in [2.75, 3.05) is 26.8 Å². The van der Waals surface area contributed by atoms with Crippen LogP contribution in [0.3, 0.4) is 0 Å². The van der Waals surface area contributed by atoms with Crippen molar-refractivity contribution in [3.05, 3.63) is 35.6 Å². The molecule has 0 saturated carbocycles. The van der Waals surface area contributed by atoms with Gasteiger partial charge in [-0.2, -0.15) is 0 Å². The predicted octanol–water partition coefficient (Wildman–Crippen LogP) is 2.92. The minimum atomic E-state index is -0.242. The van der Waals surface area contributed by atoms with E-state index in [1.807, 2.05) is 33.9 Å². The molecule has 1 aromatic rings. The molecule has 0 aliphatic heterocycles. The zero-order valence-electron chi connectivity index (χ0n) is 12.2. The van der Waals surface area contributed by atoms with Gasteiger partial charge in [0.25, 0.3) is 0 Å². The highest BCUT2D eigenvalue weighted by Crippen LogP contribution is 2.18. The van der Waals surface area contributed by atoms with E-state index in [1.165, 1.54) is 12.1 Å². The van der Waals surface area contributed by atoms with E-state index in [9.17, 15) is 4.39 Å². The van der Waals surface area contributed by atoms with E-state index in [4.69, 9.17) is 9.47 Å². The van der Waals surface area contributed by atoms with Crippen molar-refractivity contribution in [2.45, 2.75) is 32.5 Å². The Morgan fingerprint density at radius 1 is 1.26 bits per heavy atom. The summed E-state index contributed by atoms with van der Waals surface area (Å²) in [5.41, 5.74) is 0.672. The second-order valence-corrected chi connectivity index (χ2v) is 5.43. The molecule has 0 heterocycles. The van der Waals surface area contributed by atoms with Gasteiger partial charge in [0, 0.05) is 6.54 Å². The van der Waals surface area contributed by atoms with Crippen molar-refractivity contribution < 1.29 is 13.9 Å². The molecule has 0 aromatic heterocycles. The molecule has 108 valence electrons. The lowest BCUT2D eigenvalue weighted by Gasteiger charge is -2.22. The maximum Gasteiger partial charge on any atom is 0.123 e. The molecule has 1 aromatic carbocycles. The van der Waals surface area contributed by atoms with Gasteiger partial charge in [-0.3, -0.25) is 0 Å². The molecule has 1 rings (SSSR count). The summed E-state index contributed by atoms with van der Waals surface area (Å²) in [6.45, 7) is 7.66. The Kier molecular flexibility index (Phi) is 6.42. The number of rotatable bonds is 7. The van der Waals surface area contributed by atoms with E-state index in [1.54, 1.807) is 6.07 Å². The molecule has 3 nitrogen and oxygen atoms in total. The minimum Gasteiger partial charge on any atom is -0.373 e. The third kappa shape index (κ3) is 6.66. The molecule has 0 spiro atoms. The molecule has 1 N–H and O–H groups in total. The van der Waals surface area contributed by atoms with Crippen molar-refractivity contribution in [3.63, 3.8) is 0 Å². The largest absolute Gasteiger partial charge is 0.373 e. The van der Waals surface area contributed by atoms with Gasteiger partial charge in [-0.15, -0.1) is 0 Å². The van der Waals surface area contributed by atoms with Crippen LogP contribution in [-0.2, 0) is 9.47 Å². The molecule has 1 unspecified atom stereocenters. The van der Waals surface area contributed by atoms with Crippen molar-refractivity contribution in [1.29, 1.82) is 0 Å². The average molecular weight is 269 g/mol. The van der Waals surface area contributed by atoms with Gasteiger partial charge < -0.3 is 14.8 Å². The molecule has 0 radical (unpaired) electrons. The first-order chi connectivity index (χ1) is 8.92. The Labute approximate surface area is 115 Å². The first kappa shape index (κ1) is 16.1. The van der Waals surface area contributed by atoms with Gasteiger partial charge in [-0.25, -0.2) is 4.39 Å². The standard InChI is InChI=1S/C15H24FNO2/c1-15(2,3)19-9-8-18-14(11-17-4)12-6-5-7-13(16)10-12/h5-7,10,14,17H,8-9,11H2,1-4H3. The number of ether oxygens (including phenoxy) is 2. The summed E-state index contributed by atoms with van der Waals surface area (Å²) in [5.74, 6) is -0.242. The van der Waals surface area contributed by atoms with E-state index < -0.39 is 0 Å². The molecule has 0 saturated heterocycles. The number of nitrogens with one attached hydrogen (secondary N) is 1. The summed E-state index contributed by atoms with van der Waals surface area (Å²) in [5, 5.41) is 3.05. The van der Waals surface area contributed by atoms with E-state index in [-0.39, 0.29) is 17.5 Å². The van der Waals surface area contributed by atoms with E-state index >= 15 is 0 Å². The number of hydrogen-bond acceptors (Lipinski definition) is 3. The summed E-state index contributed by atoms with van der Waals surface area (Å²) in [6, 6.07) is 6.51. The van der Waals surface area contributed by atoms with Crippen molar-refractivity contribution in [3.8, 4) is 0 Å². The molecule has 0 bridgehead atoms. The van der Waals surface area contributed by atoms with E-state index in [0.29, 0.717) is 19.8 Å². The maximum absolute atomic E-state index is 13.2. The number of likely N-dealkylation sites (N-methyl/N-ethyl adjacent to an activating group) is 1. The second-order valence-electron chi connectivity index (χ2n) is 5.43. The quantitative estimate of drug-likeness (QED) is 0.772. The van der Waals surface area contributed by atoms with E-state index in [0.717, 1.165) is 5.56 Å². The van der Waals surface area contributed by atoms with Crippen LogP contribution in [0.1, 0.15) is 32.4 Å². The fourth-order valence-electron chi connectivity index (χ4n) is 1.70. The highest BCUT2D eigenvalue weighted by molar-refractivity contribution is 5.19. The van der Waals surface area contributed by atoms with Crippen molar-refractivity contribution in [2.24, 2.45) is 0 Å². The minimum absolute atomic E-state index is 0.163. The van der Waals surface area contributed by atoms with Crippen LogP contribution in [0.2, 0.25) is 0 Å². The van der Waals surface area contributed by atoms with Gasteiger partial charge in [0.2, 0.25) is 0 Å². The molecular weight excluding hydrogens is 245 g/mol. The molecule has 4 heteroatoms. The van der Waals surface area contributed by atoms with E-state index in [2.05, 4.69) is 5.32 Å². The van der Waals surface area contributed by atoms with Gasteiger partial charge in [0.05, 0.1) is 24.9 Å². The molecule has 0 aliphatic rings. The Morgan fingerprint density at radius 3 is 2.58 bits per heavy atom. The number of benzene rings is 1. The molecular formula is C15H24FNO2. The molecule has 19 heavy (non-hydrogen) atoms. The lowest BCUT2D eigenvalue weighted by atomic mass is 10.1. The zero-order chi connectivity index (χ0) is 14.3. The predicted molar refractivity (Wildman–Crippen MR) is 74.7 cm³/mol. The third-order valence-electron chi connectivity index (χ3n) is 2.55. The van der Waals surface area contributed by atoms with Crippen LogP contribution in [0.15, 0.2) is 24.3 Å². The van der Waals surface area contributed by atoms with Gasteiger partial charge in [0.15, 0.2) is 0 Å². The summed E-state index contributed by atoms with van der Waals surface area (Å²) >= 11 is 0. The van der Waals surface area contributed by atoms with Crippen LogP contribution in [0.4, 0.5) is 4.39 Å². The first-order valence-corrected chi connectivity index (χ1v) is 6.58. The van der Waals surface area contributed by atoms with Gasteiger partial charge in [-0.1, -0.05) is 12.1 Å². The van der Waals surface area contributed by atoms with Gasteiger partial charge >= 0.3 is 0 Å². The normalized spacial score (nSPS) is 13.5. The summed E-state index contributed by atoms with van der Waals surface area (Å²) in [7, 11) is 1.85. The van der Waals surface area contributed by atoms with Crippen LogP contribution in [0.25, 0.3) is 0 Å². The van der Waals surface area contributed by atoms with Crippen molar-refractivity contribution in [1.82, 2.24) is 5.32 Å². The van der Waals surface area contributed by atoms with Crippen LogP contribution in [-0.4, -0.2) is 32.4 Å². The highest BCUT2D eigenvalue weighted by atomic mass is 19.1. The van der Waals surface area contributed by atoms with Crippen LogP contribution in [0.5, 0.6) is 0 Å². The fourth-order valence-corrected chi connectivity index (χ4v) is 1.70. The molecule has 1 atom stereocenters. The SMILES string of the molecule is CNCC(OCCOC(C)(C)C)c1cccc(F)c1. The number of hydrogen-bond donors (Lipinski definition) is 1. The second kappa shape index (κ2) is 7.58. The molecule has 0 amide bonds. The highest BCUT2D eigenvalue weighted by Gasteiger charge is 2.13. The Bertz CT molecular complexity index is 377. The fraction of sp³-hybridized carbons (Fsp3) is 0.600. The van der Waals surface area contributed by atoms with Crippen molar-refractivity contribution >= 4 is 0 Å². The van der Waals surface area contributed by atoms with Crippen LogP contribution in [0, 0.1) is 5.82 Å². The topological polar surface area (TPSA) is 30.5 Å². The Balaban J connectivity index is 2.49. The first-order valence-electron chi connectivity index (χ1n) is 6.58. The maximum atomic E-state index is 13.2. The van der Waals surface area contributed by atoms with Crippen LogP contribution >= 0.6 is 0 Å². The third-order valence-corrected chi connectivity index (χ3v) is 2.55. The smallest absolute Gasteiger partial charge is 0.123 e. The monoisotopic (exact) mass is 269 g/mol. The summed E-state index contributed by atoms with van der Waals surface area (Å²) < 4.78 is 24.6. The molecule has 0 aliphatic carbocycles. The Hall–Kier alpha value is -0.970. The Morgan fingerprint density at radius 2 is 2.00 bits per heavy atom. The average Bonchev–Trinajstić information content (AvgIpc) is 2.32. The van der Waals surface area contributed by atoms with Crippen LogP contribution < -0.4 is 5.32 Å². The summed E-state index contributed by atoms with van der Waals surface area (Å²) in [4.78, 5) is 0. The van der Waals surface area contributed by atoms with Gasteiger partial charge in [-0.05, 0) is 45.5 Å². The van der Waals surface area contributed by atoms with Gasteiger partial charge in [0.1, 0.15) is 5.82 Å². The molecule has 0 fully saturated rings.